The number of nitrogens with one attached hydrogen (secondary N) is 1. The van der Waals surface area contributed by atoms with Crippen molar-refractivity contribution >= 4 is 45.2 Å². The van der Waals surface area contributed by atoms with E-state index in [1.54, 1.807) is 0 Å². The highest BCUT2D eigenvalue weighted by atomic mass is 32.1. The number of nitrogens with zero attached hydrogens (tertiary/aromatic N) is 1. The summed E-state index contributed by atoms with van der Waals surface area (Å²) in [6.45, 7) is 2.05. The molecule has 2 aromatic rings. The average Bonchev–Trinajstić information content (AvgIpc) is 2.67. The highest BCUT2D eigenvalue weighted by Gasteiger charge is 2.07. The van der Waals surface area contributed by atoms with Crippen LogP contribution in [0.4, 0.5) is 5.13 Å². The summed E-state index contributed by atoms with van der Waals surface area (Å²) in [4.78, 5) is 15.9. The van der Waals surface area contributed by atoms with Gasteiger partial charge in [-0.2, -0.15) is 12.6 Å². The van der Waals surface area contributed by atoms with Crippen molar-refractivity contribution in [3.8, 4) is 0 Å². The van der Waals surface area contributed by atoms with Gasteiger partial charge in [-0.1, -0.05) is 17.4 Å². The standard InChI is InChI=1S/C12H14N2OS2/c1-8-4-5-9-10(7-8)17-12(13-9)14-11(15)3-2-6-16/h4-5,7,16H,2-3,6H2,1H3,(H,13,14,15). The Hall–Kier alpha value is -1.07. The number of anilines is 1. The highest BCUT2D eigenvalue weighted by Crippen LogP contribution is 2.26. The fourth-order valence-corrected chi connectivity index (χ4v) is 2.65. The predicted octanol–water partition coefficient (Wildman–Crippen LogP) is 3.25. The molecule has 0 saturated heterocycles. The number of hydrogen-bond donors (Lipinski definition) is 2. The lowest BCUT2D eigenvalue weighted by atomic mass is 10.2. The fourth-order valence-electron chi connectivity index (χ4n) is 1.51. The van der Waals surface area contributed by atoms with E-state index in [0.717, 1.165) is 22.4 Å². The Balaban J connectivity index is 2.11. The van der Waals surface area contributed by atoms with Gasteiger partial charge in [-0.25, -0.2) is 4.98 Å². The molecular formula is C12H14N2OS2. The number of carbonyl (C=O) groups is 1. The number of hydrogen-bond acceptors (Lipinski definition) is 4. The quantitative estimate of drug-likeness (QED) is 0.834. The van der Waals surface area contributed by atoms with Crippen molar-refractivity contribution in [3.63, 3.8) is 0 Å². The molecule has 0 saturated carbocycles. The zero-order chi connectivity index (χ0) is 12.3. The van der Waals surface area contributed by atoms with E-state index in [2.05, 4.69) is 29.0 Å². The number of aromatic nitrogens is 1. The highest BCUT2D eigenvalue weighted by molar-refractivity contribution is 7.80. The summed E-state index contributed by atoms with van der Waals surface area (Å²) in [6.07, 6.45) is 1.29. The molecule has 1 heterocycles. The summed E-state index contributed by atoms with van der Waals surface area (Å²) in [6, 6.07) is 6.08. The Labute approximate surface area is 110 Å². The van der Waals surface area contributed by atoms with Crippen LogP contribution in [0, 0.1) is 6.92 Å². The molecule has 0 atom stereocenters. The third-order valence-corrected chi connectivity index (χ3v) is 3.60. The lowest BCUT2D eigenvalue weighted by Crippen LogP contribution is -2.10. The van der Waals surface area contributed by atoms with Crippen LogP contribution in [0.2, 0.25) is 0 Å². The van der Waals surface area contributed by atoms with Crippen LogP contribution < -0.4 is 5.32 Å². The Morgan fingerprint density at radius 2 is 2.35 bits per heavy atom. The topological polar surface area (TPSA) is 42.0 Å². The number of fused-ring (bicyclic) bond motifs is 1. The van der Waals surface area contributed by atoms with Gasteiger partial charge in [0.25, 0.3) is 0 Å². The van der Waals surface area contributed by atoms with E-state index < -0.39 is 0 Å². The lowest BCUT2D eigenvalue weighted by molar-refractivity contribution is -0.116. The van der Waals surface area contributed by atoms with Gasteiger partial charge in [-0.05, 0) is 36.8 Å². The second kappa shape index (κ2) is 5.51. The Bertz CT molecular complexity index is 536. The molecule has 0 aliphatic rings. The minimum atomic E-state index is 0.00910. The van der Waals surface area contributed by atoms with Crippen LogP contribution in [0.25, 0.3) is 10.2 Å². The van der Waals surface area contributed by atoms with E-state index in [-0.39, 0.29) is 5.91 Å². The lowest BCUT2D eigenvalue weighted by Gasteiger charge is -1.98. The summed E-state index contributed by atoms with van der Waals surface area (Å²) in [5.41, 5.74) is 2.14. The van der Waals surface area contributed by atoms with E-state index in [1.165, 1.54) is 16.9 Å². The van der Waals surface area contributed by atoms with Gasteiger partial charge in [0, 0.05) is 6.42 Å². The molecule has 0 unspecified atom stereocenters. The largest absolute Gasteiger partial charge is 0.302 e. The average molecular weight is 266 g/mol. The van der Waals surface area contributed by atoms with E-state index in [0.29, 0.717) is 11.6 Å². The van der Waals surface area contributed by atoms with Gasteiger partial charge in [0.2, 0.25) is 5.91 Å². The molecule has 1 aromatic carbocycles. The molecule has 0 aliphatic heterocycles. The minimum absolute atomic E-state index is 0.00910. The van der Waals surface area contributed by atoms with Crippen molar-refractivity contribution in [2.75, 3.05) is 11.1 Å². The minimum Gasteiger partial charge on any atom is -0.302 e. The van der Waals surface area contributed by atoms with E-state index >= 15 is 0 Å². The van der Waals surface area contributed by atoms with Gasteiger partial charge < -0.3 is 5.32 Å². The Morgan fingerprint density at radius 3 is 3.12 bits per heavy atom. The van der Waals surface area contributed by atoms with E-state index in [1.807, 2.05) is 19.1 Å². The van der Waals surface area contributed by atoms with Gasteiger partial charge in [-0.3, -0.25) is 4.79 Å². The van der Waals surface area contributed by atoms with Gasteiger partial charge >= 0.3 is 0 Å². The first-order chi connectivity index (χ1) is 8.19. The number of thiol groups is 1. The van der Waals surface area contributed by atoms with Gasteiger partial charge in [0.1, 0.15) is 0 Å². The molecule has 1 N–H and O–H groups in total. The summed E-state index contributed by atoms with van der Waals surface area (Å²) in [5, 5.41) is 3.50. The van der Waals surface area contributed by atoms with Crippen molar-refractivity contribution < 1.29 is 4.79 Å². The van der Waals surface area contributed by atoms with Crippen LogP contribution in [0.1, 0.15) is 18.4 Å². The number of benzene rings is 1. The van der Waals surface area contributed by atoms with Crippen LogP contribution in [0.3, 0.4) is 0 Å². The van der Waals surface area contributed by atoms with E-state index in [9.17, 15) is 4.79 Å². The zero-order valence-corrected chi connectivity index (χ0v) is 11.3. The van der Waals surface area contributed by atoms with Crippen molar-refractivity contribution in [3.05, 3.63) is 23.8 Å². The van der Waals surface area contributed by atoms with E-state index in [4.69, 9.17) is 0 Å². The van der Waals surface area contributed by atoms with Crippen molar-refractivity contribution in [2.24, 2.45) is 0 Å². The molecule has 5 heteroatoms. The molecule has 2 rings (SSSR count). The zero-order valence-electron chi connectivity index (χ0n) is 9.56. The first-order valence-corrected chi connectivity index (χ1v) is 6.92. The molecule has 1 aromatic heterocycles. The predicted molar refractivity (Wildman–Crippen MR) is 76.1 cm³/mol. The maximum atomic E-state index is 11.5. The summed E-state index contributed by atoms with van der Waals surface area (Å²) in [5.74, 6) is 0.738. The smallest absolute Gasteiger partial charge is 0.226 e. The summed E-state index contributed by atoms with van der Waals surface area (Å²) < 4.78 is 1.11. The normalized spacial score (nSPS) is 10.7. The summed E-state index contributed by atoms with van der Waals surface area (Å²) >= 11 is 5.59. The Kier molecular flexibility index (Phi) is 4.02. The molecule has 1 amide bonds. The summed E-state index contributed by atoms with van der Waals surface area (Å²) in [7, 11) is 0. The van der Waals surface area contributed by atoms with Gasteiger partial charge in [0.05, 0.1) is 10.2 Å². The second-order valence-electron chi connectivity index (χ2n) is 3.87. The molecule has 0 radical (unpaired) electrons. The van der Waals surface area contributed by atoms with Crippen LogP contribution in [-0.2, 0) is 4.79 Å². The number of amides is 1. The molecular weight excluding hydrogens is 252 g/mol. The van der Waals surface area contributed by atoms with Crippen LogP contribution >= 0.6 is 24.0 Å². The van der Waals surface area contributed by atoms with Crippen LogP contribution in [0.15, 0.2) is 18.2 Å². The molecule has 0 fully saturated rings. The number of rotatable bonds is 4. The third kappa shape index (κ3) is 3.20. The Morgan fingerprint density at radius 1 is 1.53 bits per heavy atom. The molecule has 0 bridgehead atoms. The first kappa shape index (κ1) is 12.4. The fraction of sp³-hybridized carbons (Fsp3) is 0.333. The molecule has 0 aliphatic carbocycles. The van der Waals surface area contributed by atoms with Gasteiger partial charge in [-0.15, -0.1) is 0 Å². The second-order valence-corrected chi connectivity index (χ2v) is 5.34. The number of carbonyl (C=O) groups excluding carboxylic acids is 1. The molecule has 3 nitrogen and oxygen atoms in total. The van der Waals surface area contributed by atoms with Crippen LogP contribution in [-0.4, -0.2) is 16.6 Å². The number of thiazole rings is 1. The molecule has 90 valence electrons. The van der Waals surface area contributed by atoms with Crippen LogP contribution in [0.5, 0.6) is 0 Å². The SMILES string of the molecule is Cc1ccc2nc(NC(=O)CCCS)sc2c1. The molecule has 0 spiro atoms. The first-order valence-electron chi connectivity index (χ1n) is 5.47. The van der Waals surface area contributed by atoms with Crippen molar-refractivity contribution in [1.29, 1.82) is 0 Å². The van der Waals surface area contributed by atoms with Crippen molar-refractivity contribution in [2.45, 2.75) is 19.8 Å². The maximum absolute atomic E-state index is 11.5. The van der Waals surface area contributed by atoms with Crippen molar-refractivity contribution in [1.82, 2.24) is 4.98 Å². The third-order valence-electron chi connectivity index (χ3n) is 2.35. The maximum Gasteiger partial charge on any atom is 0.226 e. The molecule has 17 heavy (non-hydrogen) atoms. The number of aryl methyl sites for hydroxylation is 1. The van der Waals surface area contributed by atoms with Gasteiger partial charge in [0.15, 0.2) is 5.13 Å². The monoisotopic (exact) mass is 266 g/mol.